The van der Waals surface area contributed by atoms with Gasteiger partial charge in [0.15, 0.2) is 0 Å². The van der Waals surface area contributed by atoms with Crippen molar-refractivity contribution in [3.63, 3.8) is 0 Å². The fourth-order valence-electron chi connectivity index (χ4n) is 1.39. The molecule has 0 saturated heterocycles. The van der Waals surface area contributed by atoms with Gasteiger partial charge in [-0.3, -0.25) is 0 Å². The van der Waals surface area contributed by atoms with Gasteiger partial charge < -0.3 is 5.32 Å². The van der Waals surface area contributed by atoms with Gasteiger partial charge in [0.25, 0.3) is 0 Å². The largest absolute Gasteiger partial charge is 0.309 e. The van der Waals surface area contributed by atoms with Crippen molar-refractivity contribution >= 4 is 22.6 Å². The fourth-order valence-corrected chi connectivity index (χ4v) is 2.72. The predicted molar refractivity (Wildman–Crippen MR) is 70.7 cm³/mol. The molecular weight excluding hydrogens is 323 g/mol. The second-order valence-corrected chi connectivity index (χ2v) is 5.00. The third-order valence-corrected chi connectivity index (χ3v) is 3.48. The molecule has 0 heterocycles. The predicted octanol–water partition coefficient (Wildman–Crippen LogP) is 3.51. The van der Waals surface area contributed by atoms with E-state index in [1.54, 1.807) is 0 Å². The maximum absolute atomic E-state index is 13.3. The van der Waals surface area contributed by atoms with Crippen molar-refractivity contribution in [3.05, 3.63) is 35.4 Å². The van der Waals surface area contributed by atoms with Crippen molar-refractivity contribution in [2.45, 2.75) is 26.4 Å². The molecule has 1 nitrogen and oxygen atoms in total. The van der Waals surface area contributed by atoms with Crippen molar-refractivity contribution in [3.8, 4) is 0 Å². The van der Waals surface area contributed by atoms with Crippen molar-refractivity contribution in [2.75, 3.05) is 4.43 Å². The first kappa shape index (κ1) is 13.8. The maximum atomic E-state index is 13.3. The van der Waals surface area contributed by atoms with E-state index in [0.29, 0.717) is 24.1 Å². The Morgan fingerprint density at radius 1 is 1.31 bits per heavy atom. The summed E-state index contributed by atoms with van der Waals surface area (Å²) in [5.41, 5.74) is 0.385. The van der Waals surface area contributed by atoms with Crippen LogP contribution in [0, 0.1) is 17.6 Å². The highest BCUT2D eigenvalue weighted by Crippen LogP contribution is 2.11. The van der Waals surface area contributed by atoms with Gasteiger partial charge in [-0.1, -0.05) is 36.4 Å². The lowest BCUT2D eigenvalue weighted by Crippen LogP contribution is -2.34. The number of nitrogens with one attached hydrogen (secondary N) is 1. The zero-order valence-electron chi connectivity index (χ0n) is 9.43. The summed E-state index contributed by atoms with van der Waals surface area (Å²) in [4.78, 5) is 0. The molecule has 0 aromatic heterocycles. The van der Waals surface area contributed by atoms with Gasteiger partial charge in [0.05, 0.1) is 0 Å². The zero-order chi connectivity index (χ0) is 12.1. The molecule has 90 valence electrons. The third-order valence-electron chi connectivity index (χ3n) is 2.53. The molecule has 0 spiro atoms. The van der Waals surface area contributed by atoms with E-state index < -0.39 is 5.82 Å². The van der Waals surface area contributed by atoms with Gasteiger partial charge >= 0.3 is 0 Å². The van der Waals surface area contributed by atoms with E-state index >= 15 is 0 Å². The SMILES string of the molecule is CC(C)C(CI)NCc1cc(F)ccc1F. The molecule has 1 aromatic carbocycles. The van der Waals surface area contributed by atoms with Crippen molar-refractivity contribution in [2.24, 2.45) is 5.92 Å². The first-order valence-corrected chi connectivity index (χ1v) is 6.80. The van der Waals surface area contributed by atoms with Crippen LogP contribution in [0.1, 0.15) is 19.4 Å². The van der Waals surface area contributed by atoms with Crippen LogP contribution in [-0.4, -0.2) is 10.5 Å². The number of halogens is 3. The molecule has 0 radical (unpaired) electrons. The molecule has 1 aromatic rings. The molecule has 0 aliphatic rings. The summed E-state index contributed by atoms with van der Waals surface area (Å²) in [6.07, 6.45) is 0. The number of rotatable bonds is 5. The lowest BCUT2D eigenvalue weighted by atomic mass is 10.1. The van der Waals surface area contributed by atoms with Crippen LogP contribution in [0.4, 0.5) is 8.78 Å². The monoisotopic (exact) mass is 339 g/mol. The molecular formula is C12H16F2IN. The highest BCUT2D eigenvalue weighted by Gasteiger charge is 2.12. The van der Waals surface area contributed by atoms with E-state index in [2.05, 4.69) is 41.8 Å². The minimum Gasteiger partial charge on any atom is -0.309 e. The number of alkyl halides is 1. The Morgan fingerprint density at radius 2 is 2.00 bits per heavy atom. The average molecular weight is 339 g/mol. The molecule has 1 unspecified atom stereocenters. The summed E-state index contributed by atoms with van der Waals surface area (Å²) >= 11 is 2.29. The van der Waals surface area contributed by atoms with Crippen LogP contribution < -0.4 is 5.32 Å². The minimum absolute atomic E-state index is 0.322. The summed E-state index contributed by atoms with van der Waals surface area (Å²) in [7, 11) is 0. The second kappa shape index (κ2) is 6.49. The smallest absolute Gasteiger partial charge is 0.127 e. The highest BCUT2D eigenvalue weighted by molar-refractivity contribution is 14.1. The Kier molecular flexibility index (Phi) is 5.61. The topological polar surface area (TPSA) is 12.0 Å². The molecule has 4 heteroatoms. The summed E-state index contributed by atoms with van der Waals surface area (Å²) in [6.45, 7) is 4.59. The number of hydrogen-bond acceptors (Lipinski definition) is 1. The summed E-state index contributed by atoms with van der Waals surface area (Å²) in [6, 6.07) is 3.87. The highest BCUT2D eigenvalue weighted by atomic mass is 127. The minimum atomic E-state index is -0.395. The van der Waals surface area contributed by atoms with Gasteiger partial charge in [-0.25, -0.2) is 8.78 Å². The molecule has 1 N–H and O–H groups in total. The van der Waals surface area contributed by atoms with Crippen LogP contribution in [0.25, 0.3) is 0 Å². The van der Waals surface area contributed by atoms with E-state index in [-0.39, 0.29) is 5.82 Å². The van der Waals surface area contributed by atoms with E-state index in [9.17, 15) is 8.78 Å². The lowest BCUT2D eigenvalue weighted by molar-refractivity contribution is 0.430. The van der Waals surface area contributed by atoms with Crippen LogP contribution in [0.15, 0.2) is 18.2 Å². The third kappa shape index (κ3) is 3.97. The van der Waals surface area contributed by atoms with Gasteiger partial charge in [0.1, 0.15) is 11.6 Å². The molecule has 0 amide bonds. The lowest BCUT2D eigenvalue weighted by Gasteiger charge is -2.20. The standard InChI is InChI=1S/C12H16F2IN/c1-8(2)12(6-15)16-7-9-5-10(13)3-4-11(9)14/h3-5,8,12,16H,6-7H2,1-2H3. The normalized spacial score (nSPS) is 13.1. The van der Waals surface area contributed by atoms with Crippen LogP contribution in [0.5, 0.6) is 0 Å². The fraction of sp³-hybridized carbons (Fsp3) is 0.500. The Hall–Kier alpha value is -0.230. The van der Waals surface area contributed by atoms with Gasteiger partial charge in [0.2, 0.25) is 0 Å². The summed E-state index contributed by atoms with van der Waals surface area (Å²) in [5.74, 6) is -0.271. The Labute approximate surface area is 109 Å². The number of hydrogen-bond donors (Lipinski definition) is 1. The van der Waals surface area contributed by atoms with Gasteiger partial charge in [0, 0.05) is 22.6 Å². The molecule has 0 bridgehead atoms. The van der Waals surface area contributed by atoms with Gasteiger partial charge in [-0.2, -0.15) is 0 Å². The van der Waals surface area contributed by atoms with Crippen LogP contribution in [-0.2, 0) is 6.54 Å². The number of benzene rings is 1. The van der Waals surface area contributed by atoms with Crippen molar-refractivity contribution in [1.29, 1.82) is 0 Å². The molecule has 16 heavy (non-hydrogen) atoms. The first-order chi connectivity index (χ1) is 7.54. The molecule has 0 aliphatic heterocycles. The average Bonchev–Trinajstić information content (AvgIpc) is 2.23. The quantitative estimate of drug-likeness (QED) is 0.639. The molecule has 1 atom stereocenters. The zero-order valence-corrected chi connectivity index (χ0v) is 11.6. The molecule has 0 saturated carbocycles. The summed E-state index contributed by atoms with van der Waals surface area (Å²) in [5, 5.41) is 3.24. The van der Waals surface area contributed by atoms with Crippen LogP contribution in [0.2, 0.25) is 0 Å². The van der Waals surface area contributed by atoms with Gasteiger partial charge in [-0.15, -0.1) is 0 Å². The van der Waals surface area contributed by atoms with Crippen LogP contribution >= 0.6 is 22.6 Å². The second-order valence-electron chi connectivity index (χ2n) is 4.12. The Bertz CT molecular complexity index is 342. The summed E-state index contributed by atoms with van der Waals surface area (Å²) < 4.78 is 27.2. The van der Waals surface area contributed by atoms with E-state index in [1.807, 2.05) is 0 Å². The Balaban J connectivity index is 2.63. The molecule has 0 aliphatic carbocycles. The van der Waals surface area contributed by atoms with Crippen molar-refractivity contribution in [1.82, 2.24) is 5.32 Å². The van der Waals surface area contributed by atoms with Gasteiger partial charge in [-0.05, 0) is 24.1 Å². The molecule has 0 fully saturated rings. The molecule has 1 rings (SSSR count). The van der Waals surface area contributed by atoms with E-state index in [0.717, 1.165) is 10.5 Å². The van der Waals surface area contributed by atoms with E-state index in [4.69, 9.17) is 0 Å². The maximum Gasteiger partial charge on any atom is 0.127 e. The van der Waals surface area contributed by atoms with Crippen molar-refractivity contribution < 1.29 is 8.78 Å². The Morgan fingerprint density at radius 3 is 2.56 bits per heavy atom. The van der Waals surface area contributed by atoms with E-state index in [1.165, 1.54) is 12.1 Å². The first-order valence-electron chi connectivity index (χ1n) is 5.28. The van der Waals surface area contributed by atoms with Crippen LogP contribution in [0.3, 0.4) is 0 Å².